The Bertz CT molecular complexity index is 2330. The largest absolute Gasteiger partial charge is 0.309 e. The first kappa shape index (κ1) is 17.4. The summed E-state index contributed by atoms with van der Waals surface area (Å²) in [6, 6.07) is 40.9. The molecule has 0 fully saturated rings. The van der Waals surface area contributed by atoms with E-state index in [0.717, 1.165) is 44.1 Å². The Hall–Kier alpha value is -5.08. The zero-order valence-corrected chi connectivity index (χ0v) is 20.4. The Morgan fingerprint density at radius 1 is 0.395 bits per heavy atom. The second-order valence-electron chi connectivity index (χ2n) is 9.54. The van der Waals surface area contributed by atoms with Gasteiger partial charge in [0.15, 0.2) is 0 Å². The van der Waals surface area contributed by atoms with E-state index in [4.69, 9.17) is 5.48 Å². The van der Waals surface area contributed by atoms with Crippen molar-refractivity contribution < 1.29 is 5.48 Å². The van der Waals surface area contributed by atoms with Crippen LogP contribution in [0.25, 0.3) is 66.1 Å². The number of aromatic nitrogens is 2. The third kappa shape index (κ3) is 3.07. The van der Waals surface area contributed by atoms with Crippen molar-refractivity contribution in [2.45, 2.75) is 0 Å². The molecule has 2 heterocycles. The maximum absolute atomic E-state index is 8.82. The normalized spacial score (nSPS) is 13.2. The minimum Gasteiger partial charge on any atom is -0.309 e. The molecule has 0 bridgehead atoms. The van der Waals surface area contributed by atoms with Crippen molar-refractivity contribution in [2.75, 3.05) is 0 Å². The van der Waals surface area contributed by atoms with Crippen LogP contribution in [0.3, 0.4) is 0 Å². The van der Waals surface area contributed by atoms with Crippen LogP contribution < -0.4 is 0 Å². The van der Waals surface area contributed by atoms with Crippen molar-refractivity contribution in [1.29, 1.82) is 0 Å². The molecule has 0 radical (unpaired) electrons. The lowest BCUT2D eigenvalue weighted by atomic mass is 10.1. The van der Waals surface area contributed by atoms with E-state index in [9.17, 15) is 0 Å². The van der Waals surface area contributed by atoms with Crippen LogP contribution in [-0.2, 0) is 0 Å². The van der Waals surface area contributed by atoms with Crippen LogP contribution in [0.2, 0.25) is 0 Å². The highest BCUT2D eigenvalue weighted by atomic mass is 15.0. The van der Waals surface area contributed by atoms with E-state index in [-0.39, 0.29) is 24.2 Å². The smallest absolute Gasteiger partial charge is 0.0645 e. The van der Waals surface area contributed by atoms with Gasteiger partial charge in [0.2, 0.25) is 0 Å². The molecule has 0 aliphatic carbocycles. The molecule has 0 amide bonds. The van der Waals surface area contributed by atoms with Crippen LogP contribution in [-0.4, -0.2) is 9.13 Å². The number of benzene rings is 6. The van der Waals surface area contributed by atoms with Gasteiger partial charge in [0.05, 0.1) is 27.5 Å². The van der Waals surface area contributed by atoms with Gasteiger partial charge in [-0.15, -0.1) is 0 Å². The molecule has 6 aromatic carbocycles. The number of rotatable bonds is 3. The second-order valence-corrected chi connectivity index (χ2v) is 9.54. The van der Waals surface area contributed by atoms with Crippen LogP contribution in [0, 0.1) is 0 Å². The highest BCUT2D eigenvalue weighted by Gasteiger charge is 2.16. The van der Waals surface area contributed by atoms with Crippen LogP contribution in [0.15, 0.2) is 145 Å². The molecule has 2 heteroatoms. The summed E-state index contributed by atoms with van der Waals surface area (Å²) in [6.07, 6.45) is 0. The summed E-state index contributed by atoms with van der Waals surface area (Å²) < 4.78 is 38.4. The van der Waals surface area contributed by atoms with E-state index >= 15 is 0 Å². The molecule has 0 aliphatic heterocycles. The van der Waals surface area contributed by atoms with Crippen molar-refractivity contribution >= 4 is 43.6 Å². The fraction of sp³-hybridized carbons (Fsp3) is 0. The molecule has 8 aromatic rings. The molecule has 2 nitrogen and oxygen atoms in total. The fourth-order valence-corrected chi connectivity index (χ4v) is 5.75. The lowest BCUT2D eigenvalue weighted by Gasteiger charge is -2.11. The molecule has 0 atom stereocenters. The van der Waals surface area contributed by atoms with Gasteiger partial charge >= 0.3 is 0 Å². The van der Waals surface area contributed by atoms with E-state index in [2.05, 4.69) is 83.4 Å². The first-order chi connectivity index (χ1) is 20.5. The average Bonchev–Trinajstić information content (AvgIpc) is 3.56. The van der Waals surface area contributed by atoms with E-state index in [1.807, 2.05) is 47.0 Å². The summed E-state index contributed by atoms with van der Waals surface area (Å²) in [5.74, 6) is 0. The molecular formula is C36H24N2. The fourth-order valence-electron chi connectivity index (χ4n) is 5.75. The van der Waals surface area contributed by atoms with Gasteiger partial charge in [-0.3, -0.25) is 0 Å². The summed E-state index contributed by atoms with van der Waals surface area (Å²) in [7, 11) is 0. The van der Waals surface area contributed by atoms with Crippen molar-refractivity contribution in [3.8, 4) is 22.5 Å². The van der Waals surface area contributed by atoms with Gasteiger partial charge in [0.1, 0.15) is 0 Å². The zero-order chi connectivity index (χ0) is 28.5. The van der Waals surface area contributed by atoms with Gasteiger partial charge in [0.25, 0.3) is 0 Å². The Morgan fingerprint density at radius 2 is 0.947 bits per heavy atom. The zero-order valence-electron chi connectivity index (χ0n) is 24.4. The SMILES string of the molecule is [2H]c1c([2H])c([2H])c2c(c1[2H])c1ccccc1n2-c1ccc2c(c1)c1ccccc1n2-c1ccc(-c2ccccc2)cc1. The van der Waals surface area contributed by atoms with Crippen molar-refractivity contribution in [3.63, 3.8) is 0 Å². The molecule has 0 N–H and O–H groups in total. The van der Waals surface area contributed by atoms with Crippen LogP contribution >= 0.6 is 0 Å². The molecule has 0 unspecified atom stereocenters. The first-order valence-corrected chi connectivity index (χ1v) is 12.7. The van der Waals surface area contributed by atoms with Crippen LogP contribution in [0.1, 0.15) is 5.48 Å². The Labute approximate surface area is 226 Å². The monoisotopic (exact) mass is 488 g/mol. The van der Waals surface area contributed by atoms with Crippen LogP contribution in [0.4, 0.5) is 0 Å². The Balaban J connectivity index is 1.39. The third-order valence-corrected chi connectivity index (χ3v) is 7.45. The summed E-state index contributed by atoms with van der Waals surface area (Å²) in [5, 5.41) is 3.53. The predicted octanol–water partition coefficient (Wildman–Crippen LogP) is 9.55. The van der Waals surface area contributed by atoms with Gasteiger partial charge in [-0.1, -0.05) is 97.0 Å². The summed E-state index contributed by atoms with van der Waals surface area (Å²) in [4.78, 5) is 0. The lowest BCUT2D eigenvalue weighted by molar-refractivity contribution is 1.17. The molecule has 0 saturated heterocycles. The van der Waals surface area contributed by atoms with E-state index < -0.39 is 0 Å². The minimum atomic E-state index is -0.229. The summed E-state index contributed by atoms with van der Waals surface area (Å²) >= 11 is 0. The van der Waals surface area contributed by atoms with Gasteiger partial charge in [0, 0.05) is 32.9 Å². The van der Waals surface area contributed by atoms with Gasteiger partial charge in [-0.25, -0.2) is 0 Å². The quantitative estimate of drug-likeness (QED) is 0.234. The molecule has 0 spiro atoms. The summed E-state index contributed by atoms with van der Waals surface area (Å²) in [5.41, 5.74) is 7.76. The number of hydrogen-bond donors (Lipinski definition) is 0. The van der Waals surface area contributed by atoms with E-state index in [0.29, 0.717) is 10.9 Å². The van der Waals surface area contributed by atoms with Crippen LogP contribution in [0.5, 0.6) is 0 Å². The van der Waals surface area contributed by atoms with Gasteiger partial charge in [-0.2, -0.15) is 0 Å². The first-order valence-electron chi connectivity index (χ1n) is 14.7. The topological polar surface area (TPSA) is 9.86 Å². The van der Waals surface area contributed by atoms with Crippen molar-refractivity contribution in [3.05, 3.63) is 145 Å². The average molecular weight is 489 g/mol. The maximum atomic E-state index is 8.82. The number of para-hydroxylation sites is 3. The predicted molar refractivity (Wildman–Crippen MR) is 161 cm³/mol. The molecule has 178 valence electrons. The molecular weight excluding hydrogens is 460 g/mol. The highest BCUT2D eigenvalue weighted by molar-refractivity contribution is 6.12. The Kier molecular flexibility index (Phi) is 3.76. The van der Waals surface area contributed by atoms with E-state index in [1.165, 1.54) is 11.1 Å². The number of hydrogen-bond acceptors (Lipinski definition) is 0. The summed E-state index contributed by atoms with van der Waals surface area (Å²) in [6.45, 7) is 0. The van der Waals surface area contributed by atoms with Gasteiger partial charge in [-0.05, 0) is 59.6 Å². The number of nitrogens with zero attached hydrogens (tertiary/aromatic N) is 2. The highest BCUT2D eigenvalue weighted by Crippen LogP contribution is 2.37. The molecule has 0 aliphatic rings. The van der Waals surface area contributed by atoms with Crippen molar-refractivity contribution in [1.82, 2.24) is 9.13 Å². The maximum Gasteiger partial charge on any atom is 0.0645 e. The number of fused-ring (bicyclic) bond motifs is 6. The van der Waals surface area contributed by atoms with Gasteiger partial charge < -0.3 is 9.13 Å². The molecule has 0 saturated carbocycles. The minimum absolute atomic E-state index is 0.0161. The van der Waals surface area contributed by atoms with Crippen molar-refractivity contribution in [2.24, 2.45) is 0 Å². The lowest BCUT2D eigenvalue weighted by Crippen LogP contribution is -1.95. The standard InChI is InChI=1S/C36H24N2/c1-2-10-25(11-3-1)26-18-20-27(21-19-26)37-35-17-9-6-14-31(35)32-24-28(22-23-36(32)37)38-33-15-7-4-12-29(33)30-13-5-8-16-34(30)38/h1-24H/i4D,7D,12D,15D. The third-order valence-electron chi connectivity index (χ3n) is 7.45. The Morgan fingerprint density at radius 3 is 1.71 bits per heavy atom. The molecule has 38 heavy (non-hydrogen) atoms. The second kappa shape index (κ2) is 8.22. The molecule has 8 rings (SSSR count). The molecule has 2 aromatic heterocycles. The van der Waals surface area contributed by atoms with E-state index in [1.54, 1.807) is 0 Å².